The van der Waals surface area contributed by atoms with Crippen molar-refractivity contribution in [3.05, 3.63) is 47.5 Å². The summed E-state index contributed by atoms with van der Waals surface area (Å²) in [7, 11) is 2.15. The number of nitrogens with zero attached hydrogens (tertiary/aromatic N) is 4. The van der Waals surface area contributed by atoms with Crippen LogP contribution in [0.1, 0.15) is 69.4 Å². The molecule has 1 atom stereocenters. The molecule has 4 rings (SSSR count). The van der Waals surface area contributed by atoms with Gasteiger partial charge in [-0.3, -0.25) is 4.79 Å². The normalized spacial score (nSPS) is 14.7. The quantitative estimate of drug-likeness (QED) is 0.133. The number of rotatable bonds is 16. The van der Waals surface area contributed by atoms with E-state index in [9.17, 15) is 9.59 Å². The number of benzene rings is 1. The van der Waals surface area contributed by atoms with Crippen molar-refractivity contribution < 1.29 is 37.2 Å². The summed E-state index contributed by atoms with van der Waals surface area (Å²) in [5.41, 5.74) is 1.63. The van der Waals surface area contributed by atoms with Crippen molar-refractivity contribution in [2.24, 2.45) is 17.3 Å². The van der Waals surface area contributed by atoms with E-state index in [1.807, 2.05) is 72.0 Å². The lowest BCUT2D eigenvalue weighted by molar-refractivity contribution is -0.115. The minimum atomic E-state index is -0.634. The van der Waals surface area contributed by atoms with Crippen molar-refractivity contribution in [2.75, 3.05) is 40.0 Å². The first-order valence-electron chi connectivity index (χ1n) is 17.6. The fourth-order valence-corrected chi connectivity index (χ4v) is 7.08. The predicted octanol–water partition coefficient (Wildman–Crippen LogP) is 6.15. The highest BCUT2D eigenvalue weighted by Gasteiger charge is 2.40. The molecule has 0 saturated carbocycles. The van der Waals surface area contributed by atoms with Gasteiger partial charge >= 0.3 is 6.09 Å². The van der Waals surface area contributed by atoms with Gasteiger partial charge in [0.05, 0.1) is 23.6 Å². The van der Waals surface area contributed by atoms with Gasteiger partial charge in [0.2, 0.25) is 19.5 Å². The van der Waals surface area contributed by atoms with Crippen molar-refractivity contribution >= 4 is 31.5 Å². The first kappa shape index (κ1) is 41.1. The van der Waals surface area contributed by atoms with E-state index in [2.05, 4.69) is 24.3 Å². The van der Waals surface area contributed by atoms with E-state index < -0.39 is 23.4 Å². The lowest BCUT2D eigenvalue weighted by Crippen LogP contribution is -2.49. The van der Waals surface area contributed by atoms with Crippen molar-refractivity contribution in [1.29, 1.82) is 0 Å². The van der Waals surface area contributed by atoms with Gasteiger partial charge in [-0.1, -0.05) is 31.1 Å². The van der Waals surface area contributed by atoms with Gasteiger partial charge in [-0.15, -0.1) is 0 Å². The molecular weight excluding hydrogens is 699 g/mol. The molecule has 2 amide bonds. The summed E-state index contributed by atoms with van der Waals surface area (Å²) in [5.74, 6) is 1.37. The number of ether oxygens (including phenoxy) is 3. The summed E-state index contributed by atoms with van der Waals surface area (Å²) in [4.78, 5) is 37.7. The van der Waals surface area contributed by atoms with E-state index in [0.29, 0.717) is 72.1 Å². The Kier molecular flexibility index (Phi) is 14.6. The molecule has 52 heavy (non-hydrogen) atoms. The smallest absolute Gasteiger partial charge is 0.410 e. The lowest BCUT2D eigenvalue weighted by atomic mass is 9.78. The third-order valence-electron chi connectivity index (χ3n) is 8.99. The molecule has 1 unspecified atom stereocenters. The van der Waals surface area contributed by atoms with Crippen LogP contribution in [0.15, 0.2) is 34.9 Å². The predicted molar refractivity (Wildman–Crippen MR) is 199 cm³/mol. The molecule has 2 aromatic heterocycles. The SMILES string of the molecule is C[Si]OC(O[Si]C)C(C)(C)C(COc1cccc(-c2nc(C(=O)NCC3CCOCC3)cc(-c3c(C)noc3C)n2)c1)CN(C)C(=O)OC(C)(C)C. The van der Waals surface area contributed by atoms with Gasteiger partial charge < -0.3 is 37.8 Å². The zero-order valence-corrected chi connectivity index (χ0v) is 34.1. The minimum Gasteiger partial charge on any atom is -0.493 e. The van der Waals surface area contributed by atoms with E-state index in [-0.39, 0.29) is 43.7 Å². The molecule has 3 aromatic rings. The Morgan fingerprint density at radius 1 is 1.04 bits per heavy atom. The first-order chi connectivity index (χ1) is 24.6. The average Bonchev–Trinajstić information content (AvgIpc) is 3.45. The van der Waals surface area contributed by atoms with Crippen molar-refractivity contribution in [2.45, 2.75) is 86.3 Å². The fraction of sp³-hybridized carbons (Fsp3) is 0.595. The molecule has 15 heteroatoms. The molecule has 1 fully saturated rings. The second-order valence-electron chi connectivity index (χ2n) is 14.6. The van der Waals surface area contributed by atoms with Crippen LogP contribution in [0.4, 0.5) is 4.79 Å². The van der Waals surface area contributed by atoms with E-state index in [1.54, 1.807) is 18.0 Å². The van der Waals surface area contributed by atoms with Gasteiger partial charge in [-0.05, 0) is 84.7 Å². The van der Waals surface area contributed by atoms with Crippen LogP contribution in [0.5, 0.6) is 5.75 Å². The van der Waals surface area contributed by atoms with Crippen LogP contribution >= 0.6 is 0 Å². The van der Waals surface area contributed by atoms with Gasteiger partial charge in [0.1, 0.15) is 29.1 Å². The Morgan fingerprint density at radius 2 is 1.73 bits per heavy atom. The summed E-state index contributed by atoms with van der Waals surface area (Å²) in [5, 5.41) is 7.17. The van der Waals surface area contributed by atoms with Gasteiger partial charge in [-0.25, -0.2) is 14.8 Å². The second kappa shape index (κ2) is 18.4. The van der Waals surface area contributed by atoms with Crippen LogP contribution in [0.3, 0.4) is 0 Å². The Hall–Kier alpha value is -3.64. The molecule has 1 aromatic carbocycles. The van der Waals surface area contributed by atoms with Gasteiger partial charge in [-0.2, -0.15) is 0 Å². The Labute approximate surface area is 312 Å². The zero-order valence-electron chi connectivity index (χ0n) is 32.1. The molecule has 1 N–H and O–H groups in total. The number of carbonyl (C=O) groups is 2. The Morgan fingerprint density at radius 3 is 2.35 bits per heavy atom. The summed E-state index contributed by atoms with van der Waals surface area (Å²) in [6.07, 6.45) is 0.870. The van der Waals surface area contributed by atoms with E-state index >= 15 is 0 Å². The van der Waals surface area contributed by atoms with Crippen LogP contribution in [0.2, 0.25) is 13.1 Å². The molecule has 1 aliphatic rings. The number of carbonyl (C=O) groups excluding carboxylic acids is 2. The maximum absolute atomic E-state index is 13.5. The van der Waals surface area contributed by atoms with E-state index in [1.165, 1.54) is 0 Å². The van der Waals surface area contributed by atoms with Gasteiger partial charge in [0.15, 0.2) is 5.82 Å². The van der Waals surface area contributed by atoms with Crippen LogP contribution in [0, 0.1) is 31.1 Å². The highest BCUT2D eigenvalue weighted by Crippen LogP contribution is 2.36. The van der Waals surface area contributed by atoms with Crippen molar-refractivity contribution in [1.82, 2.24) is 25.3 Å². The van der Waals surface area contributed by atoms with Crippen molar-refractivity contribution in [3.63, 3.8) is 0 Å². The summed E-state index contributed by atoms with van der Waals surface area (Å²) in [6, 6.07) is 9.12. The average molecular weight is 752 g/mol. The number of amides is 2. The Balaban J connectivity index is 1.63. The summed E-state index contributed by atoms with van der Waals surface area (Å²) in [6.45, 7) is 19.7. The second-order valence-corrected chi connectivity index (χ2v) is 15.9. The summed E-state index contributed by atoms with van der Waals surface area (Å²) >= 11 is 0. The molecule has 282 valence electrons. The van der Waals surface area contributed by atoms with Crippen LogP contribution < -0.4 is 10.1 Å². The zero-order chi connectivity index (χ0) is 38.1. The van der Waals surface area contributed by atoms with Crippen LogP contribution in [0.25, 0.3) is 22.6 Å². The van der Waals surface area contributed by atoms with Crippen molar-refractivity contribution in [3.8, 4) is 28.4 Å². The minimum absolute atomic E-state index is 0.217. The van der Waals surface area contributed by atoms with Crippen LogP contribution in [-0.2, 0) is 18.3 Å². The molecule has 3 heterocycles. The molecule has 0 aliphatic carbocycles. The number of hydrogen-bond acceptors (Lipinski definition) is 11. The maximum Gasteiger partial charge on any atom is 0.410 e. The highest BCUT2D eigenvalue weighted by atomic mass is 28.2. The largest absolute Gasteiger partial charge is 0.493 e. The number of nitrogens with one attached hydrogen (secondary N) is 1. The van der Waals surface area contributed by atoms with E-state index in [0.717, 1.165) is 12.8 Å². The third kappa shape index (κ3) is 11.2. The molecule has 0 spiro atoms. The topological polar surface area (TPSA) is 147 Å². The highest BCUT2D eigenvalue weighted by molar-refractivity contribution is 6.26. The maximum atomic E-state index is 13.5. The molecule has 1 saturated heterocycles. The molecule has 13 nitrogen and oxygen atoms in total. The number of aromatic nitrogens is 3. The van der Waals surface area contributed by atoms with Gasteiger partial charge in [0, 0.05) is 50.2 Å². The molecule has 4 radical (unpaired) electrons. The standard InChI is InChI=1S/C37H53N5O8Si2/c1-23-31(24(2)48-41-23)29-19-30(33(43)38-20-25-14-16-45-17-15-25)40-32(39-29)26-12-11-13-28(18-26)46-22-27(21-42(8)35(44)47-36(3,4)5)37(6,7)34(49-51-9)50-52-10/h11-13,18-19,25,27,34H,14-17,20-22H2,1-10H3,(H,38,43). The monoisotopic (exact) mass is 751 g/mol. The molecule has 0 bridgehead atoms. The Bertz CT molecular complexity index is 1610. The van der Waals surface area contributed by atoms with E-state index in [4.69, 9.17) is 37.6 Å². The fourth-order valence-electron chi connectivity index (χ4n) is 5.85. The summed E-state index contributed by atoms with van der Waals surface area (Å²) < 4.78 is 35.2. The molecular formula is C37H53N5O8Si2. The first-order valence-corrected chi connectivity index (χ1v) is 20.4. The van der Waals surface area contributed by atoms with Crippen LogP contribution in [-0.4, -0.2) is 103 Å². The van der Waals surface area contributed by atoms with Gasteiger partial charge in [0.25, 0.3) is 5.91 Å². The molecule has 1 aliphatic heterocycles. The third-order valence-corrected chi connectivity index (χ3v) is 9.89. The lowest BCUT2D eigenvalue weighted by Gasteiger charge is -2.41. The number of aryl methyl sites for hydroxylation is 2. The number of hydrogen-bond donors (Lipinski definition) is 1.